The third-order valence-electron chi connectivity index (χ3n) is 4.00. The van der Waals surface area contributed by atoms with E-state index in [1.807, 2.05) is 0 Å². The number of nitrogens with one attached hydrogen (secondary N) is 1. The van der Waals surface area contributed by atoms with Crippen LogP contribution in [0.2, 0.25) is 0 Å². The Hall–Kier alpha value is -3.04. The summed E-state index contributed by atoms with van der Waals surface area (Å²) in [6, 6.07) is 6.56. The van der Waals surface area contributed by atoms with Gasteiger partial charge in [0, 0.05) is 6.42 Å². The molecule has 2 aromatic carbocycles. The maximum atomic E-state index is 13.1. The quantitative estimate of drug-likeness (QED) is 0.694. The lowest BCUT2D eigenvalue weighted by molar-refractivity contribution is -0.142. The molecule has 0 aliphatic rings. The van der Waals surface area contributed by atoms with Crippen LogP contribution < -0.4 is 5.32 Å². The highest BCUT2D eigenvalue weighted by atomic mass is 19.4. The van der Waals surface area contributed by atoms with Crippen LogP contribution in [-0.2, 0) is 34.8 Å². The second kappa shape index (κ2) is 8.54. The zero-order chi connectivity index (χ0) is 21.8. The van der Waals surface area contributed by atoms with Gasteiger partial charge in [-0.15, -0.1) is 0 Å². The topological polar surface area (TPSA) is 66.4 Å². The highest BCUT2D eigenvalue weighted by Gasteiger charge is 2.34. The van der Waals surface area contributed by atoms with Gasteiger partial charge in [-0.25, -0.2) is 4.79 Å². The zero-order valence-corrected chi connectivity index (χ0v) is 14.6. The van der Waals surface area contributed by atoms with Gasteiger partial charge in [0.15, 0.2) is 0 Å². The minimum absolute atomic E-state index is 0.0165. The van der Waals surface area contributed by atoms with Crippen LogP contribution in [0.1, 0.15) is 22.3 Å². The number of hydrogen-bond donors (Lipinski definition) is 2. The average Bonchev–Trinajstić information content (AvgIpc) is 2.60. The van der Waals surface area contributed by atoms with Crippen LogP contribution >= 0.6 is 0 Å². The molecule has 0 aliphatic carbocycles. The van der Waals surface area contributed by atoms with E-state index in [2.05, 4.69) is 5.32 Å². The van der Waals surface area contributed by atoms with Gasteiger partial charge in [-0.05, 0) is 23.3 Å². The Kier molecular flexibility index (Phi) is 6.55. The van der Waals surface area contributed by atoms with E-state index in [0.29, 0.717) is 0 Å². The van der Waals surface area contributed by atoms with Gasteiger partial charge in [0.25, 0.3) is 0 Å². The summed E-state index contributed by atoms with van der Waals surface area (Å²) in [6.07, 6.45) is -10.5. The average molecular weight is 419 g/mol. The van der Waals surface area contributed by atoms with Gasteiger partial charge in [0.2, 0.25) is 5.91 Å². The van der Waals surface area contributed by atoms with Crippen molar-refractivity contribution in [2.24, 2.45) is 0 Å². The summed E-state index contributed by atoms with van der Waals surface area (Å²) in [7, 11) is 0. The lowest BCUT2D eigenvalue weighted by Gasteiger charge is -2.18. The molecule has 156 valence electrons. The van der Waals surface area contributed by atoms with E-state index in [9.17, 15) is 41.0 Å². The highest BCUT2D eigenvalue weighted by Crippen LogP contribution is 2.32. The lowest BCUT2D eigenvalue weighted by Crippen LogP contribution is -2.43. The molecule has 0 heterocycles. The van der Waals surface area contributed by atoms with E-state index in [1.165, 1.54) is 12.1 Å². The first kappa shape index (κ1) is 22.3. The molecule has 0 saturated heterocycles. The minimum Gasteiger partial charge on any atom is -0.480 e. The van der Waals surface area contributed by atoms with Gasteiger partial charge >= 0.3 is 18.3 Å². The standard InChI is InChI=1S/C19H15F6NO3/c20-18(21,22)13-6-3-4-11(8-13)9-16(27)26-15(17(28)29)10-12-5-1-2-7-14(12)19(23,24)25/h1-8,15H,9-10H2,(H,26,27)(H,28,29)/t15-/m0/s1. The summed E-state index contributed by atoms with van der Waals surface area (Å²) in [6.45, 7) is 0. The van der Waals surface area contributed by atoms with E-state index in [1.54, 1.807) is 0 Å². The van der Waals surface area contributed by atoms with Crippen LogP contribution in [0.15, 0.2) is 48.5 Å². The van der Waals surface area contributed by atoms with Gasteiger partial charge in [0.1, 0.15) is 6.04 Å². The van der Waals surface area contributed by atoms with Crippen molar-refractivity contribution in [2.45, 2.75) is 31.2 Å². The van der Waals surface area contributed by atoms with E-state index in [0.717, 1.165) is 36.4 Å². The normalized spacial score (nSPS) is 13.0. The molecule has 2 N–H and O–H groups in total. The fourth-order valence-corrected chi connectivity index (χ4v) is 2.68. The summed E-state index contributed by atoms with van der Waals surface area (Å²) in [5.74, 6) is -2.50. The molecule has 29 heavy (non-hydrogen) atoms. The molecular formula is C19H15F6NO3. The van der Waals surface area contributed by atoms with Gasteiger partial charge in [0.05, 0.1) is 17.5 Å². The molecule has 0 spiro atoms. The Morgan fingerprint density at radius 1 is 0.931 bits per heavy atom. The SMILES string of the molecule is O=C(Cc1cccc(C(F)(F)F)c1)N[C@@H](Cc1ccccc1C(F)(F)F)C(=O)O. The third kappa shape index (κ3) is 6.23. The lowest BCUT2D eigenvalue weighted by atomic mass is 9.99. The monoisotopic (exact) mass is 419 g/mol. The smallest absolute Gasteiger partial charge is 0.416 e. The number of halogens is 6. The molecule has 0 radical (unpaired) electrons. The molecule has 2 aromatic rings. The number of carbonyl (C=O) groups is 2. The number of alkyl halides is 6. The summed E-state index contributed by atoms with van der Waals surface area (Å²) in [4.78, 5) is 23.5. The van der Waals surface area contributed by atoms with Gasteiger partial charge in [-0.1, -0.05) is 36.4 Å². The summed E-state index contributed by atoms with van der Waals surface area (Å²) < 4.78 is 77.4. The Morgan fingerprint density at radius 3 is 2.17 bits per heavy atom. The molecule has 0 aliphatic heterocycles. The molecule has 10 heteroatoms. The Bertz CT molecular complexity index is 892. The van der Waals surface area contributed by atoms with Crippen molar-refractivity contribution in [3.05, 3.63) is 70.8 Å². The fourth-order valence-electron chi connectivity index (χ4n) is 2.68. The van der Waals surface area contributed by atoms with Crippen LogP contribution in [0.5, 0.6) is 0 Å². The second-order valence-corrected chi connectivity index (χ2v) is 6.19. The highest BCUT2D eigenvalue weighted by molar-refractivity contribution is 5.85. The molecule has 2 rings (SSSR count). The number of carboxylic acids is 1. The number of benzene rings is 2. The Labute approximate surface area is 161 Å². The third-order valence-corrected chi connectivity index (χ3v) is 4.00. The summed E-state index contributed by atoms with van der Waals surface area (Å²) in [5.41, 5.74) is -2.35. The van der Waals surface area contributed by atoms with Crippen molar-refractivity contribution < 1.29 is 41.0 Å². The van der Waals surface area contributed by atoms with Crippen LogP contribution in [0.4, 0.5) is 26.3 Å². The van der Waals surface area contributed by atoms with Crippen molar-refractivity contribution in [1.29, 1.82) is 0 Å². The largest absolute Gasteiger partial charge is 0.480 e. The number of carbonyl (C=O) groups excluding carboxylic acids is 1. The zero-order valence-electron chi connectivity index (χ0n) is 14.6. The molecule has 0 aromatic heterocycles. The van der Waals surface area contributed by atoms with E-state index in [4.69, 9.17) is 0 Å². The van der Waals surface area contributed by atoms with Crippen molar-refractivity contribution in [1.82, 2.24) is 5.32 Å². The van der Waals surface area contributed by atoms with Gasteiger partial charge in [-0.3, -0.25) is 4.79 Å². The van der Waals surface area contributed by atoms with Crippen LogP contribution in [-0.4, -0.2) is 23.0 Å². The summed E-state index contributed by atoms with van der Waals surface area (Å²) >= 11 is 0. The van der Waals surface area contributed by atoms with Crippen molar-refractivity contribution in [2.75, 3.05) is 0 Å². The first-order chi connectivity index (χ1) is 13.4. The molecule has 1 amide bonds. The summed E-state index contributed by atoms with van der Waals surface area (Å²) in [5, 5.41) is 11.3. The van der Waals surface area contributed by atoms with E-state index >= 15 is 0 Å². The minimum atomic E-state index is -4.71. The number of rotatable bonds is 6. The predicted octanol–water partition coefficient (Wildman–Crippen LogP) is 4.08. The van der Waals surface area contributed by atoms with Gasteiger partial charge in [-0.2, -0.15) is 26.3 Å². The molecule has 0 fully saturated rings. The van der Waals surface area contributed by atoms with Gasteiger partial charge < -0.3 is 10.4 Å². The molecule has 0 unspecified atom stereocenters. The van der Waals surface area contributed by atoms with Crippen LogP contribution in [0.25, 0.3) is 0 Å². The maximum Gasteiger partial charge on any atom is 0.416 e. The first-order valence-electron chi connectivity index (χ1n) is 8.21. The maximum absolute atomic E-state index is 13.1. The van der Waals surface area contributed by atoms with Crippen LogP contribution in [0, 0.1) is 0 Å². The molecule has 1 atom stereocenters. The second-order valence-electron chi connectivity index (χ2n) is 6.19. The first-order valence-corrected chi connectivity index (χ1v) is 8.21. The fraction of sp³-hybridized carbons (Fsp3) is 0.263. The van der Waals surface area contributed by atoms with Crippen molar-refractivity contribution >= 4 is 11.9 Å². The van der Waals surface area contributed by atoms with Crippen LogP contribution in [0.3, 0.4) is 0 Å². The van der Waals surface area contributed by atoms with E-state index < -0.39 is 54.2 Å². The van der Waals surface area contributed by atoms with Crippen molar-refractivity contribution in [3.63, 3.8) is 0 Å². The Morgan fingerprint density at radius 2 is 1.59 bits per heavy atom. The number of hydrogen-bond acceptors (Lipinski definition) is 2. The number of aliphatic carboxylic acids is 1. The molecule has 0 bridgehead atoms. The van der Waals surface area contributed by atoms with Crippen molar-refractivity contribution in [3.8, 4) is 0 Å². The molecular weight excluding hydrogens is 404 g/mol. The molecule has 4 nitrogen and oxygen atoms in total. The number of amides is 1. The molecule has 0 saturated carbocycles. The predicted molar refractivity (Wildman–Crippen MR) is 89.9 cm³/mol. The van der Waals surface area contributed by atoms with E-state index in [-0.39, 0.29) is 11.1 Å². The number of carboxylic acid groups (broad SMARTS) is 1. The Balaban J connectivity index is 2.14.